The minimum Gasteiger partial charge on any atom is -0.313 e. The molecule has 1 rings (SSSR count). The van der Waals surface area contributed by atoms with Gasteiger partial charge in [-0.2, -0.15) is 0 Å². The molecule has 1 aromatic rings. The lowest BCUT2D eigenvalue weighted by Crippen LogP contribution is -2.18. The molecule has 0 bridgehead atoms. The van der Waals surface area contributed by atoms with Crippen molar-refractivity contribution in [1.29, 1.82) is 0 Å². The highest BCUT2D eigenvalue weighted by molar-refractivity contribution is 6.30. The molecule has 0 aliphatic carbocycles. The van der Waals surface area contributed by atoms with E-state index >= 15 is 0 Å². The Morgan fingerprint density at radius 1 is 1.27 bits per heavy atom. The monoisotopic (exact) mass is 225 g/mol. The van der Waals surface area contributed by atoms with E-state index in [9.17, 15) is 0 Å². The van der Waals surface area contributed by atoms with Gasteiger partial charge in [0.15, 0.2) is 0 Å². The summed E-state index contributed by atoms with van der Waals surface area (Å²) in [7, 11) is 2.00. The minimum absolute atomic E-state index is 0.405. The van der Waals surface area contributed by atoms with E-state index in [0.717, 1.165) is 11.4 Å². The Kier molecular flexibility index (Phi) is 4.62. The van der Waals surface area contributed by atoms with Crippen LogP contribution in [0.25, 0.3) is 0 Å². The summed E-state index contributed by atoms with van der Waals surface area (Å²) >= 11 is 6.06. The lowest BCUT2D eigenvalue weighted by atomic mass is 9.96. The van der Waals surface area contributed by atoms with Gasteiger partial charge in [-0.05, 0) is 49.6 Å². The van der Waals surface area contributed by atoms with Gasteiger partial charge < -0.3 is 5.32 Å². The van der Waals surface area contributed by atoms with Crippen molar-refractivity contribution in [2.75, 3.05) is 7.05 Å². The van der Waals surface area contributed by atoms with E-state index in [0.29, 0.717) is 12.0 Å². The third-order valence-electron chi connectivity index (χ3n) is 2.52. The molecule has 1 nitrogen and oxygen atoms in total. The second-order valence-corrected chi connectivity index (χ2v) is 4.97. The number of halogens is 1. The number of hydrogen-bond acceptors (Lipinski definition) is 1. The molecule has 0 radical (unpaired) electrons. The molecule has 1 unspecified atom stereocenters. The van der Waals surface area contributed by atoms with Crippen LogP contribution < -0.4 is 5.32 Å². The fourth-order valence-electron chi connectivity index (χ4n) is 1.86. The summed E-state index contributed by atoms with van der Waals surface area (Å²) in [6.45, 7) is 6.56. The SMILES string of the molecule is CNC(CC(C)C)c1cc(C)cc(Cl)c1. The van der Waals surface area contributed by atoms with Crippen LogP contribution in [0.1, 0.15) is 37.4 Å². The molecule has 0 aliphatic heterocycles. The van der Waals surface area contributed by atoms with Crippen LogP contribution in [-0.2, 0) is 0 Å². The van der Waals surface area contributed by atoms with E-state index in [2.05, 4.69) is 38.2 Å². The van der Waals surface area contributed by atoms with Crippen molar-refractivity contribution in [3.8, 4) is 0 Å². The zero-order chi connectivity index (χ0) is 11.4. The van der Waals surface area contributed by atoms with Gasteiger partial charge in [0.05, 0.1) is 0 Å². The van der Waals surface area contributed by atoms with Gasteiger partial charge >= 0.3 is 0 Å². The van der Waals surface area contributed by atoms with Crippen LogP contribution in [0.4, 0.5) is 0 Å². The molecule has 0 aliphatic rings. The summed E-state index contributed by atoms with van der Waals surface area (Å²) in [6.07, 6.45) is 1.14. The van der Waals surface area contributed by atoms with Crippen molar-refractivity contribution >= 4 is 11.6 Å². The molecule has 0 saturated heterocycles. The first kappa shape index (κ1) is 12.5. The first-order valence-electron chi connectivity index (χ1n) is 5.47. The van der Waals surface area contributed by atoms with Crippen LogP contribution in [0.2, 0.25) is 5.02 Å². The number of benzene rings is 1. The topological polar surface area (TPSA) is 12.0 Å². The molecule has 1 aromatic carbocycles. The van der Waals surface area contributed by atoms with Crippen molar-refractivity contribution < 1.29 is 0 Å². The molecule has 1 N–H and O–H groups in total. The van der Waals surface area contributed by atoms with Crippen LogP contribution in [-0.4, -0.2) is 7.05 Å². The van der Waals surface area contributed by atoms with Crippen LogP contribution in [0.3, 0.4) is 0 Å². The van der Waals surface area contributed by atoms with E-state index in [4.69, 9.17) is 11.6 Å². The number of hydrogen-bond donors (Lipinski definition) is 1. The summed E-state index contributed by atoms with van der Waals surface area (Å²) in [6, 6.07) is 6.66. The van der Waals surface area contributed by atoms with E-state index in [1.165, 1.54) is 11.1 Å². The van der Waals surface area contributed by atoms with Gasteiger partial charge in [0.2, 0.25) is 0 Å². The van der Waals surface area contributed by atoms with Crippen molar-refractivity contribution in [3.05, 3.63) is 34.3 Å². The third-order valence-corrected chi connectivity index (χ3v) is 2.74. The maximum absolute atomic E-state index is 6.06. The quantitative estimate of drug-likeness (QED) is 0.818. The molecule has 1 atom stereocenters. The van der Waals surface area contributed by atoms with Gasteiger partial charge in [0, 0.05) is 11.1 Å². The second kappa shape index (κ2) is 5.53. The molecule has 0 fully saturated rings. The van der Waals surface area contributed by atoms with Crippen LogP contribution in [0, 0.1) is 12.8 Å². The molecular weight excluding hydrogens is 206 g/mol. The maximum atomic E-state index is 6.06. The Morgan fingerprint density at radius 2 is 1.93 bits per heavy atom. The van der Waals surface area contributed by atoms with Crippen LogP contribution in [0.15, 0.2) is 18.2 Å². The van der Waals surface area contributed by atoms with Gasteiger partial charge in [-0.3, -0.25) is 0 Å². The fraction of sp³-hybridized carbons (Fsp3) is 0.538. The summed E-state index contributed by atoms with van der Waals surface area (Å²) in [5, 5.41) is 4.17. The van der Waals surface area contributed by atoms with Crippen molar-refractivity contribution in [2.24, 2.45) is 5.92 Å². The van der Waals surface area contributed by atoms with E-state index in [-0.39, 0.29) is 0 Å². The molecule has 0 spiro atoms. The largest absolute Gasteiger partial charge is 0.313 e. The molecule has 0 amide bonds. The summed E-state index contributed by atoms with van der Waals surface area (Å²) in [5.41, 5.74) is 2.51. The van der Waals surface area contributed by atoms with Gasteiger partial charge in [-0.25, -0.2) is 0 Å². The van der Waals surface area contributed by atoms with Gasteiger partial charge in [-0.15, -0.1) is 0 Å². The Balaban J connectivity index is 2.91. The number of rotatable bonds is 4. The second-order valence-electron chi connectivity index (χ2n) is 4.53. The minimum atomic E-state index is 0.405. The first-order valence-corrected chi connectivity index (χ1v) is 5.85. The highest BCUT2D eigenvalue weighted by atomic mass is 35.5. The lowest BCUT2D eigenvalue weighted by Gasteiger charge is -2.19. The predicted molar refractivity (Wildman–Crippen MR) is 67.4 cm³/mol. The van der Waals surface area contributed by atoms with Crippen LogP contribution >= 0.6 is 11.6 Å². The fourth-order valence-corrected chi connectivity index (χ4v) is 2.16. The summed E-state index contributed by atoms with van der Waals surface area (Å²) in [4.78, 5) is 0. The molecule has 84 valence electrons. The maximum Gasteiger partial charge on any atom is 0.0411 e. The number of aryl methyl sites for hydroxylation is 1. The average molecular weight is 226 g/mol. The summed E-state index contributed by atoms with van der Waals surface area (Å²) in [5.74, 6) is 0.682. The molecular formula is C13H20ClN. The van der Waals surface area contributed by atoms with Crippen LogP contribution in [0.5, 0.6) is 0 Å². The zero-order valence-electron chi connectivity index (χ0n) is 9.97. The molecule has 2 heteroatoms. The Morgan fingerprint density at radius 3 is 2.40 bits per heavy atom. The lowest BCUT2D eigenvalue weighted by molar-refractivity contribution is 0.456. The Hall–Kier alpha value is -0.530. The summed E-state index contributed by atoms with van der Waals surface area (Å²) < 4.78 is 0. The van der Waals surface area contributed by atoms with E-state index < -0.39 is 0 Å². The molecule has 15 heavy (non-hydrogen) atoms. The van der Waals surface area contributed by atoms with E-state index in [1.54, 1.807) is 0 Å². The Labute approximate surface area is 97.8 Å². The van der Waals surface area contributed by atoms with Gasteiger partial charge in [-0.1, -0.05) is 31.5 Å². The highest BCUT2D eigenvalue weighted by Crippen LogP contribution is 2.24. The molecule has 0 heterocycles. The smallest absolute Gasteiger partial charge is 0.0411 e. The zero-order valence-corrected chi connectivity index (χ0v) is 10.7. The molecule has 0 aromatic heterocycles. The van der Waals surface area contributed by atoms with Gasteiger partial charge in [0.25, 0.3) is 0 Å². The normalized spacial score (nSPS) is 13.2. The van der Waals surface area contributed by atoms with Crippen molar-refractivity contribution in [3.63, 3.8) is 0 Å². The predicted octanol–water partition coefficient (Wildman–Crippen LogP) is 3.96. The average Bonchev–Trinajstić information content (AvgIpc) is 2.12. The third kappa shape index (κ3) is 3.84. The Bertz CT molecular complexity index is 300. The number of nitrogens with one attached hydrogen (secondary N) is 1. The first-order chi connectivity index (χ1) is 7.02. The molecule has 0 saturated carbocycles. The van der Waals surface area contributed by atoms with Gasteiger partial charge in [0.1, 0.15) is 0 Å². The standard InChI is InChI=1S/C13H20ClN/c1-9(2)5-13(15-4)11-6-10(3)7-12(14)8-11/h6-9,13,15H,5H2,1-4H3. The van der Waals surface area contributed by atoms with E-state index in [1.807, 2.05) is 13.1 Å². The highest BCUT2D eigenvalue weighted by Gasteiger charge is 2.11. The van der Waals surface area contributed by atoms with Crippen molar-refractivity contribution in [2.45, 2.75) is 33.2 Å². The van der Waals surface area contributed by atoms with Crippen molar-refractivity contribution in [1.82, 2.24) is 5.32 Å².